The van der Waals surface area contributed by atoms with Gasteiger partial charge in [0.1, 0.15) is 6.29 Å². The summed E-state index contributed by atoms with van der Waals surface area (Å²) < 4.78 is 4.75. The van der Waals surface area contributed by atoms with Gasteiger partial charge in [0.25, 0.3) is 0 Å². The Morgan fingerprint density at radius 2 is 2.38 bits per heavy atom. The Balaban J connectivity index is 3.40. The molecule has 2 heteroatoms. The molecule has 0 aliphatic rings. The van der Waals surface area contributed by atoms with Gasteiger partial charge in [-0.15, -0.1) is 0 Å². The van der Waals surface area contributed by atoms with E-state index in [2.05, 4.69) is 0 Å². The topological polar surface area (TPSA) is 26.3 Å². The molecule has 0 saturated heterocycles. The van der Waals surface area contributed by atoms with Crippen molar-refractivity contribution in [2.75, 3.05) is 7.11 Å². The first-order valence-corrected chi connectivity index (χ1v) is 2.45. The summed E-state index contributed by atoms with van der Waals surface area (Å²) in [5.41, 5.74) is 0. The first-order chi connectivity index (χ1) is 3.81. The summed E-state index contributed by atoms with van der Waals surface area (Å²) in [5.74, 6) is 0.789. The van der Waals surface area contributed by atoms with Crippen LogP contribution in [-0.2, 0) is 9.53 Å². The monoisotopic (exact) mass is 114 g/mol. The molecular formula is C6H10O2. The van der Waals surface area contributed by atoms with Crippen LogP contribution in [0.5, 0.6) is 0 Å². The number of hydrogen-bond acceptors (Lipinski definition) is 2. The van der Waals surface area contributed by atoms with Crippen molar-refractivity contribution in [3.05, 3.63) is 11.8 Å². The molecule has 0 atom stereocenters. The Labute approximate surface area is 49.1 Å². The molecule has 0 saturated carbocycles. The largest absolute Gasteiger partial charge is 0.502 e. The van der Waals surface area contributed by atoms with E-state index in [0.717, 1.165) is 12.0 Å². The lowest BCUT2D eigenvalue weighted by atomic mass is 10.4. The highest BCUT2D eigenvalue weighted by Gasteiger charge is 1.79. The minimum Gasteiger partial charge on any atom is -0.502 e. The fraction of sp³-hybridized carbons (Fsp3) is 0.500. The van der Waals surface area contributed by atoms with E-state index in [1.807, 2.05) is 6.92 Å². The number of hydrogen-bond donors (Lipinski definition) is 0. The molecular weight excluding hydrogens is 104 g/mol. The smallest absolute Gasteiger partial charge is 0.123 e. The van der Waals surface area contributed by atoms with E-state index in [0.29, 0.717) is 6.42 Å². The van der Waals surface area contributed by atoms with Gasteiger partial charge in [-0.3, -0.25) is 0 Å². The van der Waals surface area contributed by atoms with E-state index in [1.54, 1.807) is 13.2 Å². The molecule has 0 fully saturated rings. The average Bonchev–Trinajstić information content (AvgIpc) is 1.83. The highest BCUT2D eigenvalue weighted by molar-refractivity contribution is 5.51. The molecule has 0 aromatic carbocycles. The van der Waals surface area contributed by atoms with Crippen LogP contribution in [0.15, 0.2) is 11.8 Å². The Morgan fingerprint density at radius 1 is 1.75 bits per heavy atom. The molecule has 0 bridgehead atoms. The van der Waals surface area contributed by atoms with Crippen LogP contribution >= 0.6 is 0 Å². The molecule has 2 nitrogen and oxygen atoms in total. The van der Waals surface area contributed by atoms with Crippen molar-refractivity contribution >= 4 is 6.29 Å². The first-order valence-electron chi connectivity index (χ1n) is 2.45. The quantitative estimate of drug-likeness (QED) is 0.406. The minimum absolute atomic E-state index is 0.444. The number of ether oxygens (including phenoxy) is 1. The first kappa shape index (κ1) is 7.21. The lowest BCUT2D eigenvalue weighted by Gasteiger charge is -1.93. The zero-order chi connectivity index (χ0) is 6.41. The van der Waals surface area contributed by atoms with Crippen molar-refractivity contribution in [1.29, 1.82) is 0 Å². The number of aldehydes is 1. The van der Waals surface area contributed by atoms with Gasteiger partial charge in [0.15, 0.2) is 0 Å². The van der Waals surface area contributed by atoms with Gasteiger partial charge in [-0.05, 0) is 13.0 Å². The molecule has 0 unspecified atom stereocenters. The van der Waals surface area contributed by atoms with Crippen LogP contribution in [0.25, 0.3) is 0 Å². The van der Waals surface area contributed by atoms with Crippen LogP contribution in [0.1, 0.15) is 13.3 Å². The summed E-state index contributed by atoms with van der Waals surface area (Å²) in [6.07, 6.45) is 3.01. The van der Waals surface area contributed by atoms with Gasteiger partial charge in [0.05, 0.1) is 12.9 Å². The van der Waals surface area contributed by atoms with Gasteiger partial charge >= 0.3 is 0 Å². The van der Waals surface area contributed by atoms with Crippen molar-refractivity contribution < 1.29 is 9.53 Å². The summed E-state index contributed by atoms with van der Waals surface area (Å²) >= 11 is 0. The van der Waals surface area contributed by atoms with Gasteiger partial charge in [0.2, 0.25) is 0 Å². The highest BCUT2D eigenvalue weighted by atomic mass is 16.5. The molecule has 0 spiro atoms. The van der Waals surface area contributed by atoms with Crippen LogP contribution < -0.4 is 0 Å². The van der Waals surface area contributed by atoms with Crippen molar-refractivity contribution in [2.24, 2.45) is 0 Å². The van der Waals surface area contributed by atoms with Crippen molar-refractivity contribution in [3.8, 4) is 0 Å². The molecule has 8 heavy (non-hydrogen) atoms. The van der Waals surface area contributed by atoms with Crippen LogP contribution in [0.2, 0.25) is 0 Å². The van der Waals surface area contributed by atoms with Crippen molar-refractivity contribution in [3.63, 3.8) is 0 Å². The molecule has 0 heterocycles. The second kappa shape index (κ2) is 4.37. The molecule has 0 aromatic heterocycles. The van der Waals surface area contributed by atoms with Crippen LogP contribution in [0, 0.1) is 0 Å². The Morgan fingerprint density at radius 3 is 2.75 bits per heavy atom. The number of carbonyl (C=O) groups excluding carboxylic acids is 1. The Kier molecular flexibility index (Phi) is 3.94. The predicted molar refractivity (Wildman–Crippen MR) is 31.4 cm³/mol. The van der Waals surface area contributed by atoms with E-state index in [-0.39, 0.29) is 0 Å². The second-order valence-corrected chi connectivity index (χ2v) is 1.42. The molecule has 0 aromatic rings. The molecule has 0 aliphatic carbocycles. The SMILES string of the molecule is CO/C(C)=C/CC=O. The maximum atomic E-state index is 9.73. The van der Waals surface area contributed by atoms with Crippen molar-refractivity contribution in [2.45, 2.75) is 13.3 Å². The van der Waals surface area contributed by atoms with Crippen molar-refractivity contribution in [1.82, 2.24) is 0 Å². The summed E-state index contributed by atoms with van der Waals surface area (Å²) in [6.45, 7) is 1.81. The third-order valence-corrected chi connectivity index (χ3v) is 0.824. The lowest BCUT2D eigenvalue weighted by molar-refractivity contribution is -0.107. The highest BCUT2D eigenvalue weighted by Crippen LogP contribution is 1.91. The zero-order valence-electron chi connectivity index (χ0n) is 5.18. The lowest BCUT2D eigenvalue weighted by Crippen LogP contribution is -1.78. The molecule has 0 aliphatic heterocycles. The molecule has 0 rings (SSSR count). The maximum Gasteiger partial charge on any atom is 0.123 e. The molecule has 0 radical (unpaired) electrons. The summed E-state index contributed by atoms with van der Waals surface area (Å²) in [4.78, 5) is 9.73. The number of rotatable bonds is 3. The molecule has 46 valence electrons. The van der Waals surface area contributed by atoms with E-state index in [9.17, 15) is 4.79 Å². The summed E-state index contributed by atoms with van der Waals surface area (Å²) in [6, 6.07) is 0. The van der Waals surface area contributed by atoms with E-state index >= 15 is 0 Å². The zero-order valence-corrected chi connectivity index (χ0v) is 5.18. The standard InChI is InChI=1S/C6H10O2/c1-6(8-2)4-3-5-7/h4-5H,3H2,1-2H3/b6-4+. The van der Waals surface area contributed by atoms with Gasteiger partial charge in [-0.1, -0.05) is 0 Å². The third kappa shape index (κ3) is 3.40. The van der Waals surface area contributed by atoms with Crippen LogP contribution in [-0.4, -0.2) is 13.4 Å². The minimum atomic E-state index is 0.444. The van der Waals surface area contributed by atoms with Gasteiger partial charge < -0.3 is 9.53 Å². The summed E-state index contributed by atoms with van der Waals surface area (Å²) in [7, 11) is 1.58. The normalized spacial score (nSPS) is 11.0. The van der Waals surface area contributed by atoms with E-state index in [1.165, 1.54) is 0 Å². The molecule has 0 N–H and O–H groups in total. The summed E-state index contributed by atoms with van der Waals surface area (Å²) in [5, 5.41) is 0. The molecule has 0 amide bonds. The predicted octanol–water partition coefficient (Wildman–Crippen LogP) is 1.13. The fourth-order valence-electron chi connectivity index (χ4n) is 0.297. The third-order valence-electron chi connectivity index (χ3n) is 0.824. The Hall–Kier alpha value is -0.790. The average molecular weight is 114 g/mol. The number of allylic oxidation sites excluding steroid dienone is 2. The van der Waals surface area contributed by atoms with E-state index < -0.39 is 0 Å². The fourth-order valence-corrected chi connectivity index (χ4v) is 0.297. The van der Waals surface area contributed by atoms with E-state index in [4.69, 9.17) is 4.74 Å². The van der Waals surface area contributed by atoms with Gasteiger partial charge in [-0.2, -0.15) is 0 Å². The Bertz CT molecular complexity index is 94.7. The van der Waals surface area contributed by atoms with Gasteiger partial charge in [0, 0.05) is 6.42 Å². The van der Waals surface area contributed by atoms with Gasteiger partial charge in [-0.25, -0.2) is 0 Å². The number of carbonyl (C=O) groups is 1. The van der Waals surface area contributed by atoms with Crippen LogP contribution in [0.4, 0.5) is 0 Å². The maximum absolute atomic E-state index is 9.73. The van der Waals surface area contributed by atoms with Crippen LogP contribution in [0.3, 0.4) is 0 Å². The second-order valence-electron chi connectivity index (χ2n) is 1.42. The number of methoxy groups -OCH3 is 1.